The molecular formula is C9H20N2O+2. The van der Waals surface area contributed by atoms with Crippen LogP contribution >= 0.6 is 0 Å². The number of quaternary nitrogens is 2. The summed E-state index contributed by atoms with van der Waals surface area (Å²) in [5.41, 5.74) is 0. The Morgan fingerprint density at radius 3 is 1.92 bits per heavy atom. The molecule has 0 amide bonds. The summed E-state index contributed by atoms with van der Waals surface area (Å²) in [5, 5.41) is 0. The van der Waals surface area contributed by atoms with Gasteiger partial charge in [-0.2, -0.15) is 0 Å². The first-order valence-electron chi connectivity index (χ1n) is 4.12. The molecule has 0 radical (unpaired) electrons. The second kappa shape index (κ2) is 3.85. The van der Waals surface area contributed by atoms with Crippen LogP contribution in [0.2, 0.25) is 0 Å². The van der Waals surface area contributed by atoms with E-state index in [4.69, 9.17) is 0 Å². The van der Waals surface area contributed by atoms with Crippen molar-refractivity contribution in [2.45, 2.75) is 0 Å². The lowest BCUT2D eigenvalue weighted by molar-refractivity contribution is -0.913. The average Bonchev–Trinajstić information content (AvgIpc) is 1.83. The lowest BCUT2D eigenvalue weighted by atomic mass is 10.4. The fourth-order valence-corrected chi connectivity index (χ4v) is 0.765. The van der Waals surface area contributed by atoms with Crippen LogP contribution in [0.1, 0.15) is 0 Å². The van der Waals surface area contributed by atoms with Gasteiger partial charge in [-0.05, 0) is 0 Å². The Bertz CT molecular complexity index is 185. The van der Waals surface area contributed by atoms with Crippen LogP contribution in [-0.2, 0) is 4.79 Å². The molecule has 0 unspecified atom stereocenters. The first-order chi connectivity index (χ1) is 5.27. The zero-order valence-electron chi connectivity index (χ0n) is 8.79. The van der Waals surface area contributed by atoms with Gasteiger partial charge in [0.25, 0.3) is 0 Å². The predicted molar refractivity (Wildman–Crippen MR) is 50.1 cm³/mol. The van der Waals surface area contributed by atoms with Crippen LogP contribution in [-0.4, -0.2) is 63.2 Å². The third kappa shape index (κ3) is 6.10. The molecule has 0 heterocycles. The van der Waals surface area contributed by atoms with E-state index in [0.717, 1.165) is 17.6 Å². The first kappa shape index (κ1) is 11.4. The van der Waals surface area contributed by atoms with E-state index in [2.05, 4.69) is 21.1 Å². The second-order valence-corrected chi connectivity index (χ2v) is 4.76. The smallest absolute Gasteiger partial charge is 0.183 e. The fourth-order valence-electron chi connectivity index (χ4n) is 0.765. The summed E-state index contributed by atoms with van der Waals surface area (Å²) in [6, 6.07) is 0. The Labute approximate surface area is 75.1 Å². The molecule has 0 aromatic heterocycles. The third-order valence-corrected chi connectivity index (χ3v) is 1.75. The van der Waals surface area contributed by atoms with Crippen molar-refractivity contribution >= 4 is 5.94 Å². The largest absolute Gasteiger partial charge is 0.326 e. The topological polar surface area (TPSA) is 17.1 Å². The van der Waals surface area contributed by atoms with E-state index in [0.29, 0.717) is 4.48 Å². The molecular weight excluding hydrogens is 152 g/mol. The number of likely N-dealkylation sites (N-methyl/N-ethyl adjacent to an activating group) is 2. The highest BCUT2D eigenvalue weighted by Crippen LogP contribution is 1.99. The zero-order chi connectivity index (χ0) is 9.83. The summed E-state index contributed by atoms with van der Waals surface area (Å²) in [6.07, 6.45) is 1.55. The van der Waals surface area contributed by atoms with Crippen molar-refractivity contribution in [3.05, 3.63) is 6.20 Å². The van der Waals surface area contributed by atoms with E-state index in [1.165, 1.54) is 0 Å². The zero-order valence-corrected chi connectivity index (χ0v) is 8.79. The van der Waals surface area contributed by atoms with Gasteiger partial charge in [-0.25, -0.2) is 4.79 Å². The molecule has 0 spiro atoms. The molecule has 0 saturated heterocycles. The maximum Gasteiger partial charge on any atom is 0.183 e. The minimum absolute atomic E-state index is 0.610. The lowest BCUT2D eigenvalue weighted by Gasteiger charge is -2.29. The van der Waals surface area contributed by atoms with Crippen LogP contribution in [0.15, 0.2) is 6.20 Å². The minimum atomic E-state index is 0.610. The van der Waals surface area contributed by atoms with E-state index >= 15 is 0 Å². The SMILES string of the molecule is C[N+](C)(C)CC[N+](C)(C)C=C=O. The number of nitrogens with zero attached hydrogens (tertiary/aromatic N) is 2. The van der Waals surface area contributed by atoms with E-state index in [-0.39, 0.29) is 0 Å². The molecule has 0 aliphatic heterocycles. The van der Waals surface area contributed by atoms with Gasteiger partial charge < -0.3 is 4.48 Å². The van der Waals surface area contributed by atoms with E-state index in [1.54, 1.807) is 6.20 Å². The van der Waals surface area contributed by atoms with Gasteiger partial charge in [0.2, 0.25) is 0 Å². The van der Waals surface area contributed by atoms with Gasteiger partial charge in [0.1, 0.15) is 13.1 Å². The van der Waals surface area contributed by atoms with Crippen LogP contribution in [0.4, 0.5) is 0 Å². The maximum absolute atomic E-state index is 10.1. The molecule has 70 valence electrons. The molecule has 0 fully saturated rings. The molecule has 0 aromatic carbocycles. The summed E-state index contributed by atoms with van der Waals surface area (Å²) >= 11 is 0. The molecule has 0 atom stereocenters. The molecule has 3 heteroatoms. The summed E-state index contributed by atoms with van der Waals surface area (Å²) in [4.78, 5) is 10.1. The Kier molecular flexibility index (Phi) is 3.65. The highest BCUT2D eigenvalue weighted by molar-refractivity contribution is 5.42. The molecule has 0 rings (SSSR count). The van der Waals surface area contributed by atoms with Crippen LogP contribution in [0.5, 0.6) is 0 Å². The number of rotatable bonds is 4. The Morgan fingerprint density at radius 2 is 1.58 bits per heavy atom. The molecule has 0 aromatic rings. The van der Waals surface area contributed by atoms with Crippen LogP contribution in [0.25, 0.3) is 0 Å². The molecule has 0 aliphatic rings. The third-order valence-electron chi connectivity index (χ3n) is 1.75. The van der Waals surface area contributed by atoms with E-state index in [1.807, 2.05) is 20.0 Å². The van der Waals surface area contributed by atoms with Crippen molar-refractivity contribution in [2.75, 3.05) is 48.3 Å². The molecule has 0 aliphatic carbocycles. The monoisotopic (exact) mass is 172 g/mol. The fraction of sp³-hybridized carbons (Fsp3) is 0.778. The second-order valence-electron chi connectivity index (χ2n) is 4.76. The van der Waals surface area contributed by atoms with Gasteiger partial charge in [-0.1, -0.05) is 0 Å². The standard InChI is InChI=1S/C9H20N2O/c1-10(2,3)6-7-11(4,5)8-9-12/h8H,6-7H2,1-5H3/q+2. The van der Waals surface area contributed by atoms with Crippen molar-refractivity contribution in [1.82, 2.24) is 0 Å². The highest BCUT2D eigenvalue weighted by atomic mass is 16.1. The van der Waals surface area contributed by atoms with Crippen LogP contribution in [0, 0.1) is 0 Å². The van der Waals surface area contributed by atoms with E-state index in [9.17, 15) is 4.79 Å². The molecule has 12 heavy (non-hydrogen) atoms. The normalized spacial score (nSPS) is 12.4. The Morgan fingerprint density at radius 1 is 1.08 bits per heavy atom. The quantitative estimate of drug-likeness (QED) is 0.435. The van der Waals surface area contributed by atoms with Gasteiger partial charge in [0.05, 0.1) is 35.2 Å². The van der Waals surface area contributed by atoms with Gasteiger partial charge in [0, 0.05) is 0 Å². The van der Waals surface area contributed by atoms with Gasteiger partial charge >= 0.3 is 0 Å². The van der Waals surface area contributed by atoms with E-state index < -0.39 is 0 Å². The molecule has 3 nitrogen and oxygen atoms in total. The Hall–Kier alpha value is -0.630. The van der Waals surface area contributed by atoms with Crippen LogP contribution < -0.4 is 0 Å². The highest BCUT2D eigenvalue weighted by Gasteiger charge is 2.17. The number of hydrogen-bond donors (Lipinski definition) is 0. The minimum Gasteiger partial charge on any atom is -0.326 e. The summed E-state index contributed by atoms with van der Waals surface area (Å²) in [7, 11) is 10.4. The van der Waals surface area contributed by atoms with Crippen molar-refractivity contribution in [1.29, 1.82) is 0 Å². The predicted octanol–water partition coefficient (Wildman–Crippen LogP) is 0.114. The maximum atomic E-state index is 10.1. The van der Waals surface area contributed by atoms with Gasteiger partial charge in [-0.3, -0.25) is 4.48 Å². The lowest BCUT2D eigenvalue weighted by Crippen LogP contribution is -2.46. The summed E-state index contributed by atoms with van der Waals surface area (Å²) in [5.74, 6) is 1.83. The molecule has 0 saturated carbocycles. The summed E-state index contributed by atoms with van der Waals surface area (Å²) in [6.45, 7) is 2.00. The van der Waals surface area contributed by atoms with Crippen molar-refractivity contribution < 1.29 is 13.8 Å². The first-order valence-corrected chi connectivity index (χ1v) is 4.12. The Balaban J connectivity index is 4.00. The van der Waals surface area contributed by atoms with Crippen LogP contribution in [0.3, 0.4) is 0 Å². The number of hydrogen-bond acceptors (Lipinski definition) is 1. The van der Waals surface area contributed by atoms with Gasteiger partial charge in [-0.15, -0.1) is 0 Å². The average molecular weight is 172 g/mol. The molecule has 0 N–H and O–H groups in total. The molecule has 0 bridgehead atoms. The van der Waals surface area contributed by atoms with Crippen molar-refractivity contribution in [2.24, 2.45) is 0 Å². The number of carbonyl (C=O) groups excluding carboxylic acids is 1. The summed E-state index contributed by atoms with van der Waals surface area (Å²) < 4.78 is 1.54. The van der Waals surface area contributed by atoms with Gasteiger partial charge in [0.15, 0.2) is 12.1 Å². The van der Waals surface area contributed by atoms with Crippen molar-refractivity contribution in [3.8, 4) is 0 Å². The van der Waals surface area contributed by atoms with Crippen molar-refractivity contribution in [3.63, 3.8) is 0 Å².